The number of benzene rings is 2. The van der Waals surface area contributed by atoms with E-state index in [1.54, 1.807) is 12.1 Å². The van der Waals surface area contributed by atoms with Crippen molar-refractivity contribution < 1.29 is 14.4 Å². The maximum atomic E-state index is 12.4. The molecule has 25 heavy (non-hydrogen) atoms. The van der Waals surface area contributed by atoms with Gasteiger partial charge in [0.1, 0.15) is 0 Å². The van der Waals surface area contributed by atoms with Gasteiger partial charge in [0.25, 0.3) is 17.7 Å². The molecule has 1 heterocycles. The molecule has 0 aromatic heterocycles. The lowest BCUT2D eigenvalue weighted by atomic mass is 10.0. The van der Waals surface area contributed by atoms with Crippen LogP contribution in [0.1, 0.15) is 43.6 Å². The summed E-state index contributed by atoms with van der Waals surface area (Å²) in [5.41, 5.74) is 1.68. The highest BCUT2D eigenvalue weighted by Crippen LogP contribution is 2.22. The summed E-state index contributed by atoms with van der Waals surface area (Å²) in [6.45, 7) is 1.85. The molecule has 1 aliphatic heterocycles. The highest BCUT2D eigenvalue weighted by molar-refractivity contribution is 6.35. The van der Waals surface area contributed by atoms with Crippen LogP contribution in [-0.4, -0.2) is 23.8 Å². The van der Waals surface area contributed by atoms with E-state index in [1.165, 1.54) is 18.2 Å². The number of nitrogens with one attached hydrogen (secondary N) is 2. The predicted octanol–water partition coefficient (Wildman–Crippen LogP) is 3.24. The molecule has 0 aliphatic carbocycles. The standard InChI is InChI=1S/C18H14Cl2N2O3/c1-9(6-10-2-4-12(19)8-15(10)20)21-16(23)11-3-5-13-14(7-11)18(25)22-17(13)24/h2-5,7-9H,6H2,1H3,(H,21,23)(H,22,24,25). The monoisotopic (exact) mass is 376 g/mol. The largest absolute Gasteiger partial charge is 0.349 e. The van der Waals surface area contributed by atoms with E-state index in [0.29, 0.717) is 22.0 Å². The number of carbonyl (C=O) groups is 3. The molecule has 128 valence electrons. The average Bonchev–Trinajstić information content (AvgIpc) is 2.84. The Morgan fingerprint density at radius 3 is 2.52 bits per heavy atom. The van der Waals surface area contributed by atoms with Crippen LogP contribution in [-0.2, 0) is 6.42 Å². The first kappa shape index (κ1) is 17.5. The summed E-state index contributed by atoms with van der Waals surface area (Å²) in [5.74, 6) is -1.26. The zero-order valence-electron chi connectivity index (χ0n) is 13.2. The second-order valence-electron chi connectivity index (χ2n) is 5.86. The van der Waals surface area contributed by atoms with Crippen molar-refractivity contribution in [3.8, 4) is 0 Å². The van der Waals surface area contributed by atoms with Crippen LogP contribution in [0.5, 0.6) is 0 Å². The Morgan fingerprint density at radius 2 is 1.80 bits per heavy atom. The quantitative estimate of drug-likeness (QED) is 0.804. The molecule has 0 saturated heterocycles. The minimum atomic E-state index is -0.490. The second kappa shape index (κ2) is 6.86. The molecular formula is C18H14Cl2N2O3. The number of hydrogen-bond acceptors (Lipinski definition) is 3. The molecule has 1 atom stereocenters. The first-order valence-corrected chi connectivity index (χ1v) is 8.35. The fourth-order valence-electron chi connectivity index (χ4n) is 2.68. The summed E-state index contributed by atoms with van der Waals surface area (Å²) in [7, 11) is 0. The summed E-state index contributed by atoms with van der Waals surface area (Å²) in [4.78, 5) is 35.6. The Balaban J connectivity index is 1.71. The van der Waals surface area contributed by atoms with Crippen molar-refractivity contribution in [2.75, 3.05) is 0 Å². The van der Waals surface area contributed by atoms with Crippen LogP contribution in [0.15, 0.2) is 36.4 Å². The van der Waals surface area contributed by atoms with Gasteiger partial charge in [-0.05, 0) is 49.2 Å². The number of halogens is 2. The lowest BCUT2D eigenvalue weighted by Gasteiger charge is -2.15. The number of fused-ring (bicyclic) bond motifs is 1. The number of hydrogen-bond donors (Lipinski definition) is 2. The van der Waals surface area contributed by atoms with Crippen LogP contribution < -0.4 is 10.6 Å². The summed E-state index contributed by atoms with van der Waals surface area (Å²) in [6, 6.07) is 9.46. The van der Waals surface area contributed by atoms with E-state index < -0.39 is 11.8 Å². The van der Waals surface area contributed by atoms with E-state index in [9.17, 15) is 14.4 Å². The lowest BCUT2D eigenvalue weighted by Crippen LogP contribution is -2.34. The van der Waals surface area contributed by atoms with Gasteiger partial charge in [0.05, 0.1) is 11.1 Å². The normalized spacial score (nSPS) is 14.0. The molecular weight excluding hydrogens is 363 g/mol. The Bertz CT molecular complexity index is 896. The molecule has 1 aliphatic rings. The Hall–Kier alpha value is -2.37. The molecule has 0 saturated carbocycles. The van der Waals surface area contributed by atoms with E-state index in [1.807, 2.05) is 13.0 Å². The van der Waals surface area contributed by atoms with Crippen LogP contribution in [0.4, 0.5) is 0 Å². The van der Waals surface area contributed by atoms with Crippen molar-refractivity contribution in [3.05, 3.63) is 68.7 Å². The van der Waals surface area contributed by atoms with Gasteiger partial charge in [0.2, 0.25) is 0 Å². The van der Waals surface area contributed by atoms with E-state index in [4.69, 9.17) is 23.2 Å². The van der Waals surface area contributed by atoms with Crippen LogP contribution in [0.25, 0.3) is 0 Å². The minimum absolute atomic E-state index is 0.185. The molecule has 2 aromatic rings. The van der Waals surface area contributed by atoms with Gasteiger partial charge in [-0.1, -0.05) is 29.3 Å². The van der Waals surface area contributed by atoms with Crippen molar-refractivity contribution in [3.63, 3.8) is 0 Å². The highest BCUT2D eigenvalue weighted by atomic mass is 35.5. The molecule has 0 fully saturated rings. The van der Waals surface area contributed by atoms with Gasteiger partial charge in [0, 0.05) is 21.7 Å². The summed E-state index contributed by atoms with van der Waals surface area (Å²) in [5, 5.41) is 6.15. The summed E-state index contributed by atoms with van der Waals surface area (Å²) in [6.07, 6.45) is 0.533. The molecule has 7 heteroatoms. The van der Waals surface area contributed by atoms with Crippen molar-refractivity contribution in [2.24, 2.45) is 0 Å². The van der Waals surface area contributed by atoms with Gasteiger partial charge < -0.3 is 5.32 Å². The molecule has 0 bridgehead atoms. The van der Waals surface area contributed by atoms with Crippen molar-refractivity contribution in [2.45, 2.75) is 19.4 Å². The molecule has 3 amide bonds. The first-order chi connectivity index (χ1) is 11.8. The third kappa shape index (κ3) is 3.67. The third-order valence-electron chi connectivity index (χ3n) is 3.92. The zero-order chi connectivity index (χ0) is 18.1. The Morgan fingerprint density at radius 1 is 1.08 bits per heavy atom. The summed E-state index contributed by atoms with van der Waals surface area (Å²) >= 11 is 12.0. The van der Waals surface area contributed by atoms with E-state index in [0.717, 1.165) is 5.56 Å². The van der Waals surface area contributed by atoms with Crippen molar-refractivity contribution in [1.82, 2.24) is 10.6 Å². The van der Waals surface area contributed by atoms with Crippen LogP contribution in [0.2, 0.25) is 10.0 Å². The summed E-state index contributed by atoms with van der Waals surface area (Å²) < 4.78 is 0. The number of amides is 3. The molecule has 0 spiro atoms. The van der Waals surface area contributed by atoms with Gasteiger partial charge >= 0.3 is 0 Å². The smallest absolute Gasteiger partial charge is 0.258 e. The van der Waals surface area contributed by atoms with Gasteiger partial charge in [-0.2, -0.15) is 0 Å². The Labute approximate surface area is 154 Å². The molecule has 1 unspecified atom stereocenters. The number of carbonyl (C=O) groups excluding carboxylic acids is 3. The maximum absolute atomic E-state index is 12.4. The average molecular weight is 377 g/mol. The molecule has 5 nitrogen and oxygen atoms in total. The van der Waals surface area contributed by atoms with E-state index >= 15 is 0 Å². The Kier molecular flexibility index (Phi) is 4.79. The number of imide groups is 1. The molecule has 0 radical (unpaired) electrons. The predicted molar refractivity (Wildman–Crippen MR) is 95.3 cm³/mol. The third-order valence-corrected chi connectivity index (χ3v) is 4.50. The topological polar surface area (TPSA) is 75.3 Å². The van der Waals surface area contributed by atoms with Crippen LogP contribution in [0, 0.1) is 0 Å². The van der Waals surface area contributed by atoms with Crippen LogP contribution in [0.3, 0.4) is 0 Å². The molecule has 2 N–H and O–H groups in total. The van der Waals surface area contributed by atoms with E-state index in [-0.39, 0.29) is 23.1 Å². The fourth-order valence-corrected chi connectivity index (χ4v) is 3.17. The molecule has 3 rings (SSSR count). The number of rotatable bonds is 4. The van der Waals surface area contributed by atoms with Gasteiger partial charge in [-0.25, -0.2) is 0 Å². The highest BCUT2D eigenvalue weighted by Gasteiger charge is 2.27. The maximum Gasteiger partial charge on any atom is 0.258 e. The van der Waals surface area contributed by atoms with Crippen LogP contribution >= 0.6 is 23.2 Å². The van der Waals surface area contributed by atoms with Crippen molar-refractivity contribution >= 4 is 40.9 Å². The molecule has 2 aromatic carbocycles. The fraction of sp³-hybridized carbons (Fsp3) is 0.167. The van der Waals surface area contributed by atoms with Gasteiger partial charge in [-0.3, -0.25) is 19.7 Å². The van der Waals surface area contributed by atoms with Gasteiger partial charge in [-0.15, -0.1) is 0 Å². The second-order valence-corrected chi connectivity index (χ2v) is 6.70. The lowest BCUT2D eigenvalue weighted by molar-refractivity contribution is 0.0878. The zero-order valence-corrected chi connectivity index (χ0v) is 14.7. The van der Waals surface area contributed by atoms with Gasteiger partial charge in [0.15, 0.2) is 0 Å². The minimum Gasteiger partial charge on any atom is -0.349 e. The SMILES string of the molecule is CC(Cc1ccc(Cl)cc1Cl)NC(=O)c1ccc2c(c1)C(=O)NC2=O. The first-order valence-electron chi connectivity index (χ1n) is 7.59. The van der Waals surface area contributed by atoms with E-state index in [2.05, 4.69) is 10.6 Å². The van der Waals surface area contributed by atoms with Crippen molar-refractivity contribution in [1.29, 1.82) is 0 Å².